The van der Waals surface area contributed by atoms with Crippen molar-refractivity contribution in [3.8, 4) is 11.6 Å². The van der Waals surface area contributed by atoms with Crippen LogP contribution >= 0.6 is 0 Å². The van der Waals surface area contributed by atoms with E-state index in [0.717, 1.165) is 35.7 Å². The molecule has 4 heteroatoms. The van der Waals surface area contributed by atoms with Crippen LogP contribution in [0.3, 0.4) is 0 Å². The zero-order valence-corrected chi connectivity index (χ0v) is 13.0. The molecule has 1 heterocycles. The van der Waals surface area contributed by atoms with Gasteiger partial charge in [0.05, 0.1) is 5.69 Å². The van der Waals surface area contributed by atoms with Crippen molar-refractivity contribution in [3.05, 3.63) is 40.6 Å². The zero-order valence-electron chi connectivity index (χ0n) is 13.0. The van der Waals surface area contributed by atoms with Crippen molar-refractivity contribution in [3.63, 3.8) is 0 Å². The van der Waals surface area contributed by atoms with E-state index in [-0.39, 0.29) is 6.04 Å². The quantitative estimate of drug-likeness (QED) is 0.939. The van der Waals surface area contributed by atoms with Crippen molar-refractivity contribution >= 4 is 0 Å². The van der Waals surface area contributed by atoms with Crippen LogP contribution in [0.5, 0.6) is 11.6 Å². The molecular formula is C17H23N3O. The topological polar surface area (TPSA) is 53.1 Å². The molecule has 4 nitrogen and oxygen atoms in total. The summed E-state index contributed by atoms with van der Waals surface area (Å²) in [6.07, 6.45) is 4.37. The van der Waals surface area contributed by atoms with Crippen molar-refractivity contribution in [1.82, 2.24) is 9.78 Å². The molecule has 0 saturated heterocycles. The summed E-state index contributed by atoms with van der Waals surface area (Å²) in [4.78, 5) is 0. The number of nitrogens with zero attached hydrogens (tertiary/aromatic N) is 2. The summed E-state index contributed by atoms with van der Waals surface area (Å²) in [6.45, 7) is 4.01. The number of benzene rings is 1. The predicted molar refractivity (Wildman–Crippen MR) is 83.8 cm³/mol. The lowest BCUT2D eigenvalue weighted by Gasteiger charge is -2.11. The molecule has 0 saturated carbocycles. The highest BCUT2D eigenvalue weighted by molar-refractivity contribution is 5.41. The normalized spacial score (nSPS) is 15.0. The molecule has 1 aliphatic carbocycles. The van der Waals surface area contributed by atoms with Crippen LogP contribution in [0.1, 0.15) is 35.7 Å². The minimum absolute atomic E-state index is 0.0928. The highest BCUT2D eigenvalue weighted by Crippen LogP contribution is 2.31. The maximum absolute atomic E-state index is 6.13. The number of aromatic nitrogens is 2. The first-order chi connectivity index (χ1) is 10.0. The third kappa shape index (κ3) is 2.81. The van der Waals surface area contributed by atoms with E-state index in [1.165, 1.54) is 24.0 Å². The monoisotopic (exact) mass is 285 g/mol. The van der Waals surface area contributed by atoms with E-state index >= 15 is 0 Å². The van der Waals surface area contributed by atoms with Crippen LogP contribution in [-0.4, -0.2) is 15.8 Å². The van der Waals surface area contributed by atoms with Crippen LogP contribution in [0.25, 0.3) is 0 Å². The molecule has 3 rings (SSSR count). The minimum atomic E-state index is 0.0928. The molecule has 2 aromatic rings. The number of hydrogen-bond donors (Lipinski definition) is 1. The largest absolute Gasteiger partial charge is 0.439 e. The zero-order chi connectivity index (χ0) is 15.0. The van der Waals surface area contributed by atoms with Gasteiger partial charge in [-0.1, -0.05) is 6.07 Å². The number of nitrogens with two attached hydrogens (primary N) is 1. The second-order valence-electron chi connectivity index (χ2n) is 6.06. The smallest absolute Gasteiger partial charge is 0.221 e. The van der Waals surface area contributed by atoms with Gasteiger partial charge in [0.2, 0.25) is 5.88 Å². The molecular weight excluding hydrogens is 262 g/mol. The Morgan fingerprint density at radius 1 is 1.33 bits per heavy atom. The van der Waals surface area contributed by atoms with Gasteiger partial charge in [-0.2, -0.15) is 5.10 Å². The van der Waals surface area contributed by atoms with Crippen molar-refractivity contribution in [2.24, 2.45) is 12.8 Å². The summed E-state index contributed by atoms with van der Waals surface area (Å²) >= 11 is 0. The highest BCUT2D eigenvalue weighted by atomic mass is 16.5. The summed E-state index contributed by atoms with van der Waals surface area (Å²) in [5.41, 5.74) is 10.9. The second kappa shape index (κ2) is 5.53. The van der Waals surface area contributed by atoms with Gasteiger partial charge in [0, 0.05) is 18.7 Å². The van der Waals surface area contributed by atoms with E-state index in [9.17, 15) is 0 Å². The van der Waals surface area contributed by atoms with Gasteiger partial charge >= 0.3 is 0 Å². The first kappa shape index (κ1) is 14.1. The Morgan fingerprint density at radius 2 is 2.10 bits per heavy atom. The second-order valence-corrected chi connectivity index (χ2v) is 6.06. The molecule has 21 heavy (non-hydrogen) atoms. The lowest BCUT2D eigenvalue weighted by molar-refractivity contribution is 0.424. The lowest BCUT2D eigenvalue weighted by Crippen LogP contribution is -2.18. The molecule has 0 fully saturated rings. The number of ether oxygens (including phenoxy) is 1. The van der Waals surface area contributed by atoms with Crippen molar-refractivity contribution in [2.75, 3.05) is 0 Å². The SMILES string of the molecule is Cc1nn(C)c(Oc2ccc3c(c2)CCC3)c1CC(C)N. The molecule has 0 spiro atoms. The van der Waals surface area contributed by atoms with Gasteiger partial charge in [0.1, 0.15) is 5.75 Å². The molecule has 0 radical (unpaired) electrons. The van der Waals surface area contributed by atoms with Crippen LogP contribution in [0.15, 0.2) is 18.2 Å². The number of aryl methyl sites for hydroxylation is 4. The first-order valence-corrected chi connectivity index (χ1v) is 7.62. The Balaban J connectivity index is 1.91. The lowest BCUT2D eigenvalue weighted by atomic mass is 10.1. The molecule has 1 atom stereocenters. The van der Waals surface area contributed by atoms with Crippen LogP contribution in [-0.2, 0) is 26.3 Å². The molecule has 0 aliphatic heterocycles. The summed E-state index contributed by atoms with van der Waals surface area (Å²) in [7, 11) is 1.92. The van der Waals surface area contributed by atoms with Crippen molar-refractivity contribution < 1.29 is 4.74 Å². The van der Waals surface area contributed by atoms with Gasteiger partial charge in [0.15, 0.2) is 0 Å². The van der Waals surface area contributed by atoms with Gasteiger partial charge in [-0.25, -0.2) is 4.68 Å². The fourth-order valence-electron chi connectivity index (χ4n) is 3.09. The van der Waals surface area contributed by atoms with E-state index in [1.54, 1.807) is 4.68 Å². The van der Waals surface area contributed by atoms with E-state index < -0.39 is 0 Å². The van der Waals surface area contributed by atoms with Gasteiger partial charge in [-0.05, 0) is 62.8 Å². The molecule has 2 N–H and O–H groups in total. The van der Waals surface area contributed by atoms with E-state index in [0.29, 0.717) is 0 Å². The van der Waals surface area contributed by atoms with Gasteiger partial charge in [-0.3, -0.25) is 0 Å². The Labute approximate surface area is 125 Å². The molecule has 112 valence electrons. The van der Waals surface area contributed by atoms with E-state index in [1.807, 2.05) is 20.9 Å². The number of fused-ring (bicyclic) bond motifs is 1. The molecule has 1 aromatic heterocycles. The Kier molecular flexibility index (Phi) is 3.72. The van der Waals surface area contributed by atoms with Crippen LogP contribution in [0, 0.1) is 6.92 Å². The van der Waals surface area contributed by atoms with Crippen molar-refractivity contribution in [1.29, 1.82) is 0 Å². The molecule has 0 bridgehead atoms. The summed E-state index contributed by atoms with van der Waals surface area (Å²) in [6, 6.07) is 6.50. The van der Waals surface area contributed by atoms with Crippen LogP contribution < -0.4 is 10.5 Å². The third-order valence-corrected chi connectivity index (χ3v) is 4.10. The minimum Gasteiger partial charge on any atom is -0.439 e. The number of rotatable bonds is 4. The third-order valence-electron chi connectivity index (χ3n) is 4.10. The molecule has 0 amide bonds. The fourth-order valence-corrected chi connectivity index (χ4v) is 3.09. The predicted octanol–water partition coefficient (Wildman–Crippen LogP) is 2.90. The highest BCUT2D eigenvalue weighted by Gasteiger charge is 2.18. The van der Waals surface area contributed by atoms with Gasteiger partial charge in [-0.15, -0.1) is 0 Å². The molecule has 1 aromatic carbocycles. The fraction of sp³-hybridized carbons (Fsp3) is 0.471. The Morgan fingerprint density at radius 3 is 2.86 bits per heavy atom. The standard InChI is InChI=1S/C17H23N3O/c1-11(18)9-16-12(2)19-20(3)17(16)21-15-8-7-13-5-4-6-14(13)10-15/h7-8,10-11H,4-6,9,18H2,1-3H3. The first-order valence-electron chi connectivity index (χ1n) is 7.62. The Bertz CT molecular complexity index is 658. The molecule has 1 aliphatic rings. The van der Waals surface area contributed by atoms with Gasteiger partial charge in [0.25, 0.3) is 0 Å². The summed E-state index contributed by atoms with van der Waals surface area (Å²) < 4.78 is 7.94. The maximum Gasteiger partial charge on any atom is 0.221 e. The summed E-state index contributed by atoms with van der Waals surface area (Å²) in [5.74, 6) is 1.70. The molecule has 1 unspecified atom stereocenters. The number of hydrogen-bond acceptors (Lipinski definition) is 3. The van der Waals surface area contributed by atoms with Crippen LogP contribution in [0.2, 0.25) is 0 Å². The average Bonchev–Trinajstić information content (AvgIpc) is 2.97. The average molecular weight is 285 g/mol. The van der Waals surface area contributed by atoms with Gasteiger partial charge < -0.3 is 10.5 Å². The Hall–Kier alpha value is -1.81. The van der Waals surface area contributed by atoms with E-state index in [4.69, 9.17) is 10.5 Å². The summed E-state index contributed by atoms with van der Waals surface area (Å²) in [5, 5.41) is 4.47. The van der Waals surface area contributed by atoms with E-state index in [2.05, 4.69) is 23.3 Å². The van der Waals surface area contributed by atoms with Crippen molar-refractivity contribution in [2.45, 2.75) is 45.6 Å². The maximum atomic E-state index is 6.13. The van der Waals surface area contributed by atoms with Crippen LogP contribution in [0.4, 0.5) is 0 Å².